The van der Waals surface area contributed by atoms with Gasteiger partial charge in [0.25, 0.3) is 0 Å². The van der Waals surface area contributed by atoms with Crippen molar-refractivity contribution < 1.29 is 4.79 Å². The van der Waals surface area contributed by atoms with Crippen LogP contribution in [0.2, 0.25) is 0 Å². The van der Waals surface area contributed by atoms with Gasteiger partial charge in [-0.15, -0.1) is 12.4 Å². The molecule has 0 bridgehead atoms. The zero-order valence-electron chi connectivity index (χ0n) is 11.7. The number of hydrogen-bond acceptors (Lipinski definition) is 2. The molecule has 1 saturated heterocycles. The summed E-state index contributed by atoms with van der Waals surface area (Å²) in [5.41, 5.74) is 0. The highest BCUT2D eigenvalue weighted by atomic mass is 35.5. The number of carbonyl (C=O) groups is 1. The first-order chi connectivity index (χ1) is 8.22. The number of rotatable bonds is 5. The molecule has 18 heavy (non-hydrogen) atoms. The summed E-state index contributed by atoms with van der Waals surface area (Å²) in [6.45, 7) is 7.49. The number of nitrogens with one attached hydrogen (secondary N) is 1. The van der Waals surface area contributed by atoms with Crippen LogP contribution in [0.15, 0.2) is 0 Å². The number of nitrogens with zero attached hydrogens (tertiary/aromatic N) is 1. The Hall–Kier alpha value is -0.280. The molecule has 1 saturated carbocycles. The van der Waals surface area contributed by atoms with Gasteiger partial charge in [0.15, 0.2) is 0 Å². The van der Waals surface area contributed by atoms with Crippen LogP contribution in [-0.4, -0.2) is 36.5 Å². The summed E-state index contributed by atoms with van der Waals surface area (Å²) in [7, 11) is 0. The van der Waals surface area contributed by atoms with Gasteiger partial charge in [-0.25, -0.2) is 0 Å². The molecule has 2 fully saturated rings. The minimum absolute atomic E-state index is 0. The SMILES string of the molecule is CCN(C(=O)CC(C)C1CCCNC1)C1CC1.Cl. The average molecular weight is 275 g/mol. The number of carbonyl (C=O) groups excluding carboxylic acids is 1. The fourth-order valence-electron chi connectivity index (χ4n) is 2.95. The van der Waals surface area contributed by atoms with Crippen LogP contribution in [0.25, 0.3) is 0 Å². The molecular formula is C14H27ClN2O. The summed E-state index contributed by atoms with van der Waals surface area (Å²) in [5.74, 6) is 1.61. The van der Waals surface area contributed by atoms with Gasteiger partial charge in [0, 0.05) is 19.0 Å². The molecule has 0 spiro atoms. The normalized spacial score (nSPS) is 25.1. The summed E-state index contributed by atoms with van der Waals surface area (Å²) in [6.07, 6.45) is 5.74. The second-order valence-electron chi connectivity index (χ2n) is 5.70. The molecule has 0 aromatic rings. The number of hydrogen-bond donors (Lipinski definition) is 1. The molecule has 0 radical (unpaired) electrons. The first-order valence-corrected chi connectivity index (χ1v) is 7.22. The van der Waals surface area contributed by atoms with Crippen LogP contribution in [0, 0.1) is 11.8 Å². The lowest BCUT2D eigenvalue weighted by Gasteiger charge is -2.30. The van der Waals surface area contributed by atoms with Crippen LogP contribution in [-0.2, 0) is 4.79 Å². The van der Waals surface area contributed by atoms with E-state index in [9.17, 15) is 4.79 Å². The van der Waals surface area contributed by atoms with Crippen molar-refractivity contribution in [3.05, 3.63) is 0 Å². The number of piperidine rings is 1. The smallest absolute Gasteiger partial charge is 0.223 e. The predicted octanol–water partition coefficient (Wildman–Crippen LogP) is 2.44. The zero-order valence-corrected chi connectivity index (χ0v) is 12.5. The molecule has 2 rings (SSSR count). The molecular weight excluding hydrogens is 248 g/mol. The van der Waals surface area contributed by atoms with E-state index < -0.39 is 0 Å². The summed E-state index contributed by atoms with van der Waals surface area (Å²) < 4.78 is 0. The van der Waals surface area contributed by atoms with Crippen LogP contribution >= 0.6 is 12.4 Å². The van der Waals surface area contributed by atoms with Crippen molar-refractivity contribution >= 4 is 18.3 Å². The van der Waals surface area contributed by atoms with Gasteiger partial charge < -0.3 is 10.2 Å². The third kappa shape index (κ3) is 4.13. The van der Waals surface area contributed by atoms with Gasteiger partial charge >= 0.3 is 0 Å². The zero-order chi connectivity index (χ0) is 12.3. The van der Waals surface area contributed by atoms with Crippen molar-refractivity contribution in [2.75, 3.05) is 19.6 Å². The fourth-order valence-corrected chi connectivity index (χ4v) is 2.95. The summed E-state index contributed by atoms with van der Waals surface area (Å²) in [6, 6.07) is 0.573. The van der Waals surface area contributed by atoms with E-state index in [0.29, 0.717) is 23.8 Å². The van der Waals surface area contributed by atoms with E-state index in [-0.39, 0.29) is 12.4 Å². The van der Waals surface area contributed by atoms with Gasteiger partial charge in [-0.3, -0.25) is 4.79 Å². The molecule has 1 N–H and O–H groups in total. The lowest BCUT2D eigenvalue weighted by molar-refractivity contribution is -0.132. The van der Waals surface area contributed by atoms with Gasteiger partial charge in [0.1, 0.15) is 0 Å². The van der Waals surface area contributed by atoms with Crippen molar-refractivity contribution in [2.24, 2.45) is 11.8 Å². The van der Waals surface area contributed by atoms with Crippen LogP contribution in [0.3, 0.4) is 0 Å². The van der Waals surface area contributed by atoms with E-state index in [2.05, 4.69) is 24.1 Å². The van der Waals surface area contributed by atoms with Crippen molar-refractivity contribution in [3.63, 3.8) is 0 Å². The summed E-state index contributed by atoms with van der Waals surface area (Å²) >= 11 is 0. The largest absolute Gasteiger partial charge is 0.340 e. The molecule has 4 heteroatoms. The van der Waals surface area contributed by atoms with Crippen molar-refractivity contribution in [3.8, 4) is 0 Å². The van der Waals surface area contributed by atoms with E-state index in [0.717, 1.165) is 26.1 Å². The second kappa shape index (κ2) is 7.34. The van der Waals surface area contributed by atoms with E-state index in [1.54, 1.807) is 0 Å². The van der Waals surface area contributed by atoms with Crippen molar-refractivity contribution in [1.29, 1.82) is 0 Å². The van der Waals surface area contributed by atoms with E-state index in [1.807, 2.05) is 0 Å². The maximum absolute atomic E-state index is 12.2. The topological polar surface area (TPSA) is 32.3 Å². The highest BCUT2D eigenvalue weighted by Crippen LogP contribution is 2.29. The molecule has 1 heterocycles. The Kier molecular flexibility index (Phi) is 6.44. The first kappa shape index (κ1) is 15.8. The Morgan fingerprint density at radius 2 is 2.11 bits per heavy atom. The first-order valence-electron chi connectivity index (χ1n) is 7.22. The Bertz CT molecular complexity index is 263. The van der Waals surface area contributed by atoms with E-state index in [4.69, 9.17) is 0 Å². The maximum Gasteiger partial charge on any atom is 0.223 e. The van der Waals surface area contributed by atoms with Crippen LogP contribution in [0.5, 0.6) is 0 Å². The van der Waals surface area contributed by atoms with Crippen LogP contribution in [0.1, 0.15) is 46.0 Å². The van der Waals surface area contributed by atoms with Gasteiger partial charge in [-0.1, -0.05) is 6.92 Å². The molecule has 0 aromatic heterocycles. The molecule has 2 atom stereocenters. The maximum atomic E-state index is 12.2. The highest BCUT2D eigenvalue weighted by molar-refractivity contribution is 5.85. The van der Waals surface area contributed by atoms with Gasteiger partial charge in [0.2, 0.25) is 5.91 Å². The number of halogens is 1. The molecule has 2 unspecified atom stereocenters. The Morgan fingerprint density at radius 3 is 2.61 bits per heavy atom. The minimum Gasteiger partial charge on any atom is -0.340 e. The molecule has 2 aliphatic rings. The van der Waals surface area contributed by atoms with Crippen LogP contribution < -0.4 is 5.32 Å². The molecule has 106 valence electrons. The summed E-state index contributed by atoms with van der Waals surface area (Å²) in [5, 5.41) is 3.44. The van der Waals surface area contributed by atoms with E-state index >= 15 is 0 Å². The molecule has 0 aromatic carbocycles. The predicted molar refractivity (Wildman–Crippen MR) is 77.0 cm³/mol. The van der Waals surface area contributed by atoms with Gasteiger partial charge in [0.05, 0.1) is 0 Å². The van der Waals surface area contributed by atoms with Crippen molar-refractivity contribution in [2.45, 2.75) is 52.0 Å². The third-order valence-corrected chi connectivity index (χ3v) is 4.29. The Balaban J connectivity index is 0.00000162. The van der Waals surface area contributed by atoms with E-state index in [1.165, 1.54) is 25.7 Å². The standard InChI is InChI=1S/C14H26N2O.ClH/c1-3-16(13-6-7-13)14(17)9-11(2)12-5-4-8-15-10-12;/h11-13,15H,3-10H2,1-2H3;1H. The minimum atomic E-state index is 0. The number of amides is 1. The Labute approximate surface area is 117 Å². The Morgan fingerprint density at radius 1 is 1.39 bits per heavy atom. The monoisotopic (exact) mass is 274 g/mol. The fraction of sp³-hybridized carbons (Fsp3) is 0.929. The van der Waals surface area contributed by atoms with Gasteiger partial charge in [-0.2, -0.15) is 0 Å². The van der Waals surface area contributed by atoms with Crippen molar-refractivity contribution in [1.82, 2.24) is 10.2 Å². The molecule has 1 aliphatic carbocycles. The molecule has 1 amide bonds. The lowest BCUT2D eigenvalue weighted by atomic mass is 9.85. The lowest BCUT2D eigenvalue weighted by Crippen LogP contribution is -2.38. The average Bonchev–Trinajstić information content (AvgIpc) is 3.15. The molecule has 1 aliphatic heterocycles. The quantitative estimate of drug-likeness (QED) is 0.835. The molecule has 3 nitrogen and oxygen atoms in total. The highest BCUT2D eigenvalue weighted by Gasteiger charge is 2.32. The summed E-state index contributed by atoms with van der Waals surface area (Å²) in [4.78, 5) is 14.3. The van der Waals surface area contributed by atoms with Crippen LogP contribution in [0.4, 0.5) is 0 Å². The second-order valence-corrected chi connectivity index (χ2v) is 5.70. The van der Waals surface area contributed by atoms with Gasteiger partial charge in [-0.05, 0) is 57.5 Å². The third-order valence-electron chi connectivity index (χ3n) is 4.29.